The van der Waals surface area contributed by atoms with E-state index >= 15 is 0 Å². The number of aromatic nitrogens is 4. The van der Waals surface area contributed by atoms with Gasteiger partial charge < -0.3 is 14.4 Å². The molecule has 2 fully saturated rings. The van der Waals surface area contributed by atoms with Crippen LogP contribution in [0.5, 0.6) is 0 Å². The van der Waals surface area contributed by atoms with E-state index in [1.165, 1.54) is 0 Å². The summed E-state index contributed by atoms with van der Waals surface area (Å²) in [5, 5.41) is 9.59. The van der Waals surface area contributed by atoms with Gasteiger partial charge in [-0.1, -0.05) is 26.8 Å². The molecule has 0 radical (unpaired) electrons. The Labute approximate surface area is 204 Å². The summed E-state index contributed by atoms with van der Waals surface area (Å²) in [6.45, 7) is 14.5. The van der Waals surface area contributed by atoms with Crippen LogP contribution in [0.1, 0.15) is 52.1 Å². The van der Waals surface area contributed by atoms with Crippen molar-refractivity contribution in [1.29, 1.82) is 0 Å². The van der Waals surface area contributed by atoms with Crippen molar-refractivity contribution in [2.24, 2.45) is 5.41 Å². The maximum absolute atomic E-state index is 12.9. The Morgan fingerprint density at radius 2 is 2.06 bits per heavy atom. The molecule has 1 saturated heterocycles. The number of imidazole rings is 1. The third-order valence-corrected chi connectivity index (χ3v) is 7.42. The average Bonchev–Trinajstić information content (AvgIpc) is 3.38. The highest BCUT2D eigenvalue weighted by Gasteiger charge is 2.52. The second kappa shape index (κ2) is 8.31. The van der Waals surface area contributed by atoms with Crippen LogP contribution >= 0.6 is 0 Å². The van der Waals surface area contributed by atoms with Gasteiger partial charge in [-0.05, 0) is 43.2 Å². The lowest BCUT2D eigenvalue weighted by atomic mass is 9.68. The number of amides is 1. The van der Waals surface area contributed by atoms with E-state index < -0.39 is 17.1 Å². The van der Waals surface area contributed by atoms with Crippen LogP contribution in [0.3, 0.4) is 0 Å². The van der Waals surface area contributed by atoms with Gasteiger partial charge in [-0.15, -0.1) is 0 Å². The van der Waals surface area contributed by atoms with E-state index in [9.17, 15) is 9.90 Å². The third-order valence-electron chi connectivity index (χ3n) is 7.42. The lowest BCUT2D eigenvalue weighted by Crippen LogP contribution is -2.45. The second-order valence-electron chi connectivity index (χ2n) is 10.9. The number of fused-ring (bicyclic) bond motifs is 1. The molecule has 3 aromatic rings. The van der Waals surface area contributed by atoms with Crippen LogP contribution in [0.25, 0.3) is 15.9 Å². The summed E-state index contributed by atoms with van der Waals surface area (Å²) in [6.07, 6.45) is 8.15. The highest BCUT2D eigenvalue weighted by Crippen LogP contribution is 2.47. The zero-order valence-electron chi connectivity index (χ0n) is 20.4. The van der Waals surface area contributed by atoms with Crippen LogP contribution in [0.15, 0.2) is 36.9 Å². The van der Waals surface area contributed by atoms with Crippen molar-refractivity contribution in [1.82, 2.24) is 19.5 Å². The van der Waals surface area contributed by atoms with Gasteiger partial charge in [0.05, 0.1) is 55.2 Å². The van der Waals surface area contributed by atoms with Gasteiger partial charge in [-0.2, -0.15) is 0 Å². The van der Waals surface area contributed by atoms with Crippen LogP contribution in [-0.2, 0) is 16.7 Å². The number of carbonyl (C=O) groups excluding carboxylic acids is 1. The first-order valence-electron chi connectivity index (χ1n) is 11.9. The Hall–Kier alpha value is -3.51. The predicted octanol–water partition coefficient (Wildman–Crippen LogP) is 4.62. The van der Waals surface area contributed by atoms with Crippen LogP contribution in [0, 0.1) is 12.0 Å². The van der Waals surface area contributed by atoms with E-state index in [0.29, 0.717) is 23.7 Å². The molecule has 3 heterocycles. The summed E-state index contributed by atoms with van der Waals surface area (Å²) in [5.41, 5.74) is 1.91. The van der Waals surface area contributed by atoms with Gasteiger partial charge in [0, 0.05) is 12.0 Å². The normalized spacial score (nSPS) is 24.7. The van der Waals surface area contributed by atoms with Gasteiger partial charge in [-0.3, -0.25) is 9.88 Å². The van der Waals surface area contributed by atoms with Crippen molar-refractivity contribution in [3.05, 3.63) is 54.0 Å². The fourth-order valence-corrected chi connectivity index (χ4v) is 5.49. The SMILES string of the molecule is [C-]#[N+]c1ccc2ncn(C[C@@]3(C)CCC[C@@]4(CN(c5cnc(C(C)(C)CO)cn5)C(=O)O4)C3)c2c1. The van der Waals surface area contributed by atoms with Crippen molar-refractivity contribution >= 4 is 28.6 Å². The molecule has 5 rings (SSSR count). The van der Waals surface area contributed by atoms with Crippen molar-refractivity contribution in [2.45, 2.75) is 64.0 Å². The lowest BCUT2D eigenvalue weighted by Gasteiger charge is -2.43. The molecule has 1 aliphatic carbocycles. The summed E-state index contributed by atoms with van der Waals surface area (Å²) >= 11 is 0. The van der Waals surface area contributed by atoms with E-state index in [1.54, 1.807) is 23.4 Å². The fourth-order valence-electron chi connectivity index (χ4n) is 5.49. The third kappa shape index (κ3) is 4.23. The van der Waals surface area contributed by atoms with Crippen molar-refractivity contribution in [3.63, 3.8) is 0 Å². The van der Waals surface area contributed by atoms with Gasteiger partial charge in [-0.25, -0.2) is 19.6 Å². The van der Waals surface area contributed by atoms with E-state index in [0.717, 1.165) is 43.3 Å². The summed E-state index contributed by atoms with van der Waals surface area (Å²) in [4.78, 5) is 31.5. The Balaban J connectivity index is 1.36. The number of rotatable bonds is 5. The number of aliphatic hydroxyl groups is 1. The number of aliphatic hydroxyl groups excluding tert-OH is 1. The fraction of sp³-hybridized carbons (Fsp3) is 0.500. The molecule has 182 valence electrons. The molecule has 1 amide bonds. The van der Waals surface area contributed by atoms with Gasteiger partial charge >= 0.3 is 6.09 Å². The Bertz CT molecular complexity index is 1310. The second-order valence-corrected chi connectivity index (χ2v) is 10.9. The van der Waals surface area contributed by atoms with Crippen molar-refractivity contribution in [3.8, 4) is 0 Å². The largest absolute Gasteiger partial charge is 0.441 e. The summed E-state index contributed by atoms with van der Waals surface area (Å²) < 4.78 is 8.14. The molecule has 1 spiro atoms. The van der Waals surface area contributed by atoms with Crippen LogP contribution in [0.2, 0.25) is 0 Å². The Morgan fingerprint density at radius 1 is 1.23 bits per heavy atom. The quantitative estimate of drug-likeness (QED) is 0.542. The van der Waals surface area contributed by atoms with Crippen molar-refractivity contribution < 1.29 is 14.6 Å². The molecule has 1 N–H and O–H groups in total. The minimum absolute atomic E-state index is 0.0418. The number of benzene rings is 1. The predicted molar refractivity (Wildman–Crippen MR) is 131 cm³/mol. The molecule has 35 heavy (non-hydrogen) atoms. The van der Waals surface area contributed by atoms with E-state index in [-0.39, 0.29) is 12.0 Å². The minimum Gasteiger partial charge on any atom is -0.441 e. The van der Waals surface area contributed by atoms with E-state index in [2.05, 4.69) is 31.3 Å². The Morgan fingerprint density at radius 3 is 2.77 bits per heavy atom. The molecule has 1 aliphatic heterocycles. The van der Waals surface area contributed by atoms with Crippen LogP contribution in [0.4, 0.5) is 16.3 Å². The topological polar surface area (TPSA) is 97.7 Å². The summed E-state index contributed by atoms with van der Waals surface area (Å²) in [5.74, 6) is 0.462. The number of nitrogens with zero attached hydrogens (tertiary/aromatic N) is 6. The van der Waals surface area contributed by atoms with Gasteiger partial charge in [0.2, 0.25) is 0 Å². The molecule has 2 atom stereocenters. The number of ether oxygens (including phenoxy) is 1. The molecule has 0 unspecified atom stereocenters. The molecular weight excluding hydrogens is 444 g/mol. The summed E-state index contributed by atoms with van der Waals surface area (Å²) in [7, 11) is 0. The first-order valence-corrected chi connectivity index (χ1v) is 11.9. The molecule has 2 aliphatic rings. The molecule has 0 bridgehead atoms. The molecule has 2 aromatic heterocycles. The zero-order valence-corrected chi connectivity index (χ0v) is 20.4. The maximum Gasteiger partial charge on any atom is 0.416 e. The Kier molecular flexibility index (Phi) is 5.52. The standard InChI is InChI=1S/C26H30N6O3/c1-24(2,16-33)21-11-29-22(12-28-21)32-15-26(35-23(32)34)9-5-8-25(3,13-26)14-31-17-30-19-7-6-18(27-4)10-20(19)31/h6-7,10-12,17,33H,5,8-9,13-16H2,1-3H3/t25-,26-/m0/s1. The maximum atomic E-state index is 12.9. The number of hydrogen-bond acceptors (Lipinski definition) is 6. The highest BCUT2D eigenvalue weighted by atomic mass is 16.6. The van der Waals surface area contributed by atoms with E-state index in [1.807, 2.05) is 32.3 Å². The van der Waals surface area contributed by atoms with E-state index in [4.69, 9.17) is 11.3 Å². The van der Waals surface area contributed by atoms with Crippen LogP contribution < -0.4 is 4.90 Å². The molecule has 1 aromatic carbocycles. The summed E-state index contributed by atoms with van der Waals surface area (Å²) in [6, 6.07) is 5.56. The minimum atomic E-state index is -0.577. The zero-order chi connectivity index (χ0) is 24.8. The molecule has 9 nitrogen and oxygen atoms in total. The first kappa shape index (κ1) is 23.2. The number of anilines is 1. The smallest absolute Gasteiger partial charge is 0.416 e. The van der Waals surface area contributed by atoms with Crippen LogP contribution in [-0.4, -0.2) is 49.5 Å². The first-order chi connectivity index (χ1) is 16.7. The highest BCUT2D eigenvalue weighted by molar-refractivity contribution is 5.89. The molecular formula is C26H30N6O3. The number of hydrogen-bond donors (Lipinski definition) is 1. The lowest BCUT2D eigenvalue weighted by molar-refractivity contribution is -0.0264. The number of carbonyl (C=O) groups is 1. The molecule has 1 saturated carbocycles. The average molecular weight is 475 g/mol. The van der Waals surface area contributed by atoms with Gasteiger partial charge in [0.15, 0.2) is 11.5 Å². The molecule has 9 heteroatoms. The van der Waals surface area contributed by atoms with Gasteiger partial charge in [0.1, 0.15) is 5.60 Å². The van der Waals surface area contributed by atoms with Crippen molar-refractivity contribution in [2.75, 3.05) is 18.1 Å². The van der Waals surface area contributed by atoms with Gasteiger partial charge in [0.25, 0.3) is 0 Å². The monoisotopic (exact) mass is 474 g/mol.